The van der Waals surface area contributed by atoms with Crippen LogP contribution in [0.4, 0.5) is 4.39 Å². The molecule has 0 bridgehead atoms. The topological polar surface area (TPSA) is 74.9 Å². The van der Waals surface area contributed by atoms with Crippen LogP contribution in [0.1, 0.15) is 47.4 Å². The normalized spacial score (nSPS) is 20.6. The molecule has 2 N–H and O–H groups in total. The molecule has 3 heterocycles. The molecule has 2 aromatic carbocycles. The van der Waals surface area contributed by atoms with Crippen LogP contribution in [0.3, 0.4) is 0 Å². The smallest absolute Gasteiger partial charge is 0.287 e. The molecular weight excluding hydrogens is 459 g/mol. The molecule has 0 spiro atoms. The molecule has 2 fully saturated rings. The highest BCUT2D eigenvalue weighted by Gasteiger charge is 2.34. The quantitative estimate of drug-likeness (QED) is 0.532. The van der Waals surface area contributed by atoms with Crippen molar-refractivity contribution in [2.45, 2.75) is 43.9 Å². The third-order valence-corrected chi connectivity index (χ3v) is 7.27. The van der Waals surface area contributed by atoms with Gasteiger partial charge in [0.15, 0.2) is 5.76 Å². The second-order valence-corrected chi connectivity index (χ2v) is 9.62. The van der Waals surface area contributed by atoms with Gasteiger partial charge in [0.25, 0.3) is 5.91 Å². The van der Waals surface area contributed by atoms with Gasteiger partial charge >= 0.3 is 0 Å². The van der Waals surface area contributed by atoms with Crippen molar-refractivity contribution in [2.24, 2.45) is 0 Å². The zero-order valence-electron chi connectivity index (χ0n) is 18.9. The number of rotatable bonds is 6. The Morgan fingerprint density at radius 2 is 2.06 bits per heavy atom. The number of halogens is 2. The van der Waals surface area contributed by atoms with E-state index in [4.69, 9.17) is 20.8 Å². The third kappa shape index (κ3) is 4.84. The predicted molar refractivity (Wildman–Crippen MR) is 127 cm³/mol. The lowest BCUT2D eigenvalue weighted by Gasteiger charge is -2.38. The third-order valence-electron chi connectivity index (χ3n) is 6.92. The molecule has 1 amide bonds. The number of carbonyl (C=O) groups is 1. The van der Waals surface area contributed by atoms with Crippen LogP contribution in [0.25, 0.3) is 11.0 Å². The monoisotopic (exact) mass is 486 g/mol. The molecular formula is C26H28ClFN2O4. The number of amides is 1. The number of piperidine rings is 1. The van der Waals surface area contributed by atoms with Crippen LogP contribution in [0.5, 0.6) is 0 Å². The fraction of sp³-hybridized carbons (Fsp3) is 0.423. The average molecular weight is 487 g/mol. The van der Waals surface area contributed by atoms with E-state index in [0.29, 0.717) is 55.2 Å². The molecule has 0 unspecified atom stereocenters. The van der Waals surface area contributed by atoms with Gasteiger partial charge in [-0.2, -0.15) is 0 Å². The number of fused-ring (bicyclic) bond motifs is 1. The highest BCUT2D eigenvalue weighted by atomic mass is 35.5. The van der Waals surface area contributed by atoms with E-state index < -0.39 is 5.60 Å². The van der Waals surface area contributed by atoms with Crippen LogP contribution in [0, 0.1) is 5.82 Å². The summed E-state index contributed by atoms with van der Waals surface area (Å²) in [4.78, 5) is 14.6. The van der Waals surface area contributed by atoms with E-state index in [-0.39, 0.29) is 23.6 Å². The second kappa shape index (κ2) is 9.66. The minimum absolute atomic E-state index is 0.0643. The predicted octanol–water partition coefficient (Wildman–Crippen LogP) is 4.62. The Morgan fingerprint density at radius 3 is 2.79 bits per heavy atom. The first-order chi connectivity index (χ1) is 16.4. The minimum atomic E-state index is -0.997. The molecule has 1 aromatic heterocycles. The lowest BCUT2D eigenvalue weighted by molar-refractivity contribution is -0.0278. The maximum atomic E-state index is 14.2. The number of ether oxygens (including phenoxy) is 1. The number of benzene rings is 2. The van der Waals surface area contributed by atoms with Gasteiger partial charge in [0.2, 0.25) is 0 Å². The van der Waals surface area contributed by atoms with Crippen molar-refractivity contribution < 1.29 is 23.4 Å². The average Bonchev–Trinajstić information content (AvgIpc) is 3.51. The maximum absolute atomic E-state index is 14.2. The first kappa shape index (κ1) is 23.3. The van der Waals surface area contributed by atoms with Crippen molar-refractivity contribution in [3.05, 3.63) is 70.2 Å². The summed E-state index contributed by atoms with van der Waals surface area (Å²) in [5.41, 5.74) is 0.875. The van der Waals surface area contributed by atoms with Gasteiger partial charge in [-0.3, -0.25) is 9.69 Å². The van der Waals surface area contributed by atoms with Crippen molar-refractivity contribution in [2.75, 3.05) is 26.2 Å². The van der Waals surface area contributed by atoms with Crippen LogP contribution in [0.2, 0.25) is 5.02 Å². The molecule has 1 atom stereocenters. The number of nitrogens with zero attached hydrogens (tertiary/aromatic N) is 1. The molecule has 6 nitrogen and oxygen atoms in total. The van der Waals surface area contributed by atoms with Gasteiger partial charge < -0.3 is 19.6 Å². The van der Waals surface area contributed by atoms with Gasteiger partial charge in [-0.15, -0.1) is 0 Å². The van der Waals surface area contributed by atoms with Crippen molar-refractivity contribution in [1.29, 1.82) is 0 Å². The zero-order chi connectivity index (χ0) is 23.7. The van der Waals surface area contributed by atoms with E-state index in [0.717, 1.165) is 30.4 Å². The van der Waals surface area contributed by atoms with Gasteiger partial charge in [-0.25, -0.2) is 4.39 Å². The molecule has 2 aliphatic rings. The molecule has 8 heteroatoms. The summed E-state index contributed by atoms with van der Waals surface area (Å²) in [5.74, 6) is -0.338. The molecule has 2 aliphatic heterocycles. The summed E-state index contributed by atoms with van der Waals surface area (Å²) >= 11 is 6.17. The molecule has 0 radical (unpaired) electrons. The van der Waals surface area contributed by atoms with E-state index in [9.17, 15) is 14.3 Å². The molecule has 3 aromatic rings. The lowest BCUT2D eigenvalue weighted by atomic mass is 9.84. The molecule has 34 heavy (non-hydrogen) atoms. The molecule has 5 rings (SSSR count). The van der Waals surface area contributed by atoms with Gasteiger partial charge in [0.05, 0.1) is 11.7 Å². The number of furan rings is 1. The molecule has 0 aliphatic carbocycles. The number of aliphatic hydroxyl groups is 1. The molecule has 2 saturated heterocycles. The summed E-state index contributed by atoms with van der Waals surface area (Å²) in [6, 6.07) is 12.0. The Labute approximate surface area is 202 Å². The minimum Gasteiger partial charge on any atom is -0.451 e. The largest absolute Gasteiger partial charge is 0.451 e. The summed E-state index contributed by atoms with van der Waals surface area (Å²) < 4.78 is 25.4. The zero-order valence-corrected chi connectivity index (χ0v) is 19.6. The van der Waals surface area contributed by atoms with Crippen LogP contribution >= 0.6 is 11.6 Å². The van der Waals surface area contributed by atoms with E-state index in [1.807, 2.05) is 12.1 Å². The SMILES string of the molecule is O=C(NC[C@@H]1CCCO1)c1cc2cc(C3(O)CCN(Cc4c(F)cccc4Cl)CC3)ccc2o1. The van der Waals surface area contributed by atoms with E-state index in [2.05, 4.69) is 10.2 Å². The maximum Gasteiger partial charge on any atom is 0.287 e. The summed E-state index contributed by atoms with van der Waals surface area (Å²) in [5, 5.41) is 15.4. The number of hydrogen-bond acceptors (Lipinski definition) is 5. The first-order valence-electron chi connectivity index (χ1n) is 11.7. The summed E-state index contributed by atoms with van der Waals surface area (Å²) in [7, 11) is 0. The van der Waals surface area contributed by atoms with Crippen LogP contribution < -0.4 is 5.32 Å². The van der Waals surface area contributed by atoms with E-state index in [1.54, 1.807) is 24.3 Å². The van der Waals surface area contributed by atoms with Gasteiger partial charge in [0.1, 0.15) is 11.4 Å². The fourth-order valence-corrected chi connectivity index (χ4v) is 5.04. The molecule has 0 saturated carbocycles. The lowest BCUT2D eigenvalue weighted by Crippen LogP contribution is -2.42. The van der Waals surface area contributed by atoms with Crippen LogP contribution in [-0.4, -0.2) is 48.3 Å². The number of carbonyl (C=O) groups excluding carboxylic acids is 1. The summed E-state index contributed by atoms with van der Waals surface area (Å²) in [6.45, 7) is 2.84. The van der Waals surface area contributed by atoms with E-state index >= 15 is 0 Å². The summed E-state index contributed by atoms with van der Waals surface area (Å²) in [6.07, 6.45) is 3.06. The number of likely N-dealkylation sites (tertiary alicyclic amines) is 1. The Hall–Kier alpha value is -2.45. The molecule has 180 valence electrons. The van der Waals surface area contributed by atoms with Crippen molar-refractivity contribution in [3.63, 3.8) is 0 Å². The first-order valence-corrected chi connectivity index (χ1v) is 12.1. The highest BCUT2D eigenvalue weighted by molar-refractivity contribution is 6.31. The van der Waals surface area contributed by atoms with Crippen LogP contribution in [-0.2, 0) is 16.9 Å². The fourth-order valence-electron chi connectivity index (χ4n) is 4.82. The Bertz CT molecular complexity index is 1160. The van der Waals surface area contributed by atoms with Gasteiger partial charge in [-0.05, 0) is 61.6 Å². The Kier molecular flexibility index (Phi) is 6.62. The number of hydrogen-bond donors (Lipinski definition) is 2. The van der Waals surface area contributed by atoms with Crippen molar-refractivity contribution in [3.8, 4) is 0 Å². The van der Waals surface area contributed by atoms with Crippen LogP contribution in [0.15, 0.2) is 46.9 Å². The van der Waals surface area contributed by atoms with Crippen molar-refractivity contribution >= 4 is 28.5 Å². The van der Waals surface area contributed by atoms with E-state index in [1.165, 1.54) is 6.07 Å². The Balaban J connectivity index is 1.24. The Morgan fingerprint density at radius 1 is 1.24 bits per heavy atom. The van der Waals surface area contributed by atoms with Gasteiger partial charge in [0, 0.05) is 48.8 Å². The second-order valence-electron chi connectivity index (χ2n) is 9.22. The number of nitrogens with one attached hydrogen (secondary N) is 1. The van der Waals surface area contributed by atoms with Gasteiger partial charge in [-0.1, -0.05) is 23.7 Å². The highest BCUT2D eigenvalue weighted by Crippen LogP contribution is 2.36. The van der Waals surface area contributed by atoms with Crippen molar-refractivity contribution in [1.82, 2.24) is 10.2 Å². The standard InChI is InChI=1S/C26H28ClFN2O4/c27-21-4-1-5-22(28)20(21)16-30-10-8-26(32,9-11-30)18-6-7-23-17(13-18)14-24(34-23)25(31)29-15-19-3-2-12-33-19/h1,4-7,13-14,19,32H,2-3,8-12,15-16H2,(H,29,31)/t19-/m0/s1.